The van der Waals surface area contributed by atoms with Crippen molar-refractivity contribution in [3.63, 3.8) is 0 Å². The minimum atomic E-state index is 0.0502. The van der Waals surface area contributed by atoms with E-state index >= 15 is 0 Å². The molecule has 1 amide bonds. The molecule has 0 N–H and O–H groups in total. The van der Waals surface area contributed by atoms with Crippen LogP contribution in [0.15, 0.2) is 34.8 Å². The predicted molar refractivity (Wildman–Crippen MR) is 96.4 cm³/mol. The predicted octanol–water partition coefficient (Wildman–Crippen LogP) is 5.26. The second kappa shape index (κ2) is 6.58. The van der Waals surface area contributed by atoms with Gasteiger partial charge in [-0.2, -0.15) is 0 Å². The summed E-state index contributed by atoms with van der Waals surface area (Å²) in [6.07, 6.45) is 0. The molecule has 0 aliphatic heterocycles. The minimum absolute atomic E-state index is 0.0502. The average molecular weight is 464 g/mol. The second-order valence-electron chi connectivity index (χ2n) is 4.66. The number of halogens is 2. The zero-order chi connectivity index (χ0) is 14.9. The van der Waals surface area contributed by atoms with Gasteiger partial charge in [0.25, 0.3) is 5.91 Å². The van der Waals surface area contributed by atoms with Gasteiger partial charge in [0.1, 0.15) is 0 Å². The quantitative estimate of drug-likeness (QED) is 0.568. The number of carbonyl (C=O) groups is 1. The van der Waals surface area contributed by atoms with Gasteiger partial charge in [-0.05, 0) is 66.8 Å². The van der Waals surface area contributed by atoms with Crippen molar-refractivity contribution >= 4 is 55.8 Å². The summed E-state index contributed by atoms with van der Waals surface area (Å²) in [6, 6.07) is 10.1. The van der Waals surface area contributed by atoms with Gasteiger partial charge in [-0.15, -0.1) is 11.3 Å². The summed E-state index contributed by atoms with van der Waals surface area (Å²) in [5.41, 5.74) is 0.739. The Labute approximate surface area is 145 Å². The third-order valence-corrected chi connectivity index (χ3v) is 5.84. The average Bonchev–Trinajstić information content (AvgIpc) is 2.85. The van der Waals surface area contributed by atoms with Crippen LogP contribution in [-0.2, 0) is 0 Å². The van der Waals surface area contributed by atoms with Crippen LogP contribution in [0.1, 0.15) is 33.1 Å². The molecule has 0 fully saturated rings. The van der Waals surface area contributed by atoms with Crippen LogP contribution in [0, 0.1) is 10.5 Å². The molecule has 0 spiro atoms. The van der Waals surface area contributed by atoms with E-state index in [4.69, 9.17) is 0 Å². The molecule has 5 heteroatoms. The number of hydrogen-bond acceptors (Lipinski definition) is 2. The molecule has 2 aromatic rings. The van der Waals surface area contributed by atoms with E-state index in [1.54, 1.807) is 16.2 Å². The Morgan fingerprint density at radius 1 is 1.35 bits per heavy atom. The van der Waals surface area contributed by atoms with Crippen LogP contribution in [0.2, 0.25) is 0 Å². The highest BCUT2D eigenvalue weighted by Gasteiger charge is 2.21. The molecular formula is C15H15BrINOS. The lowest BCUT2D eigenvalue weighted by atomic mass is 10.1. The van der Waals surface area contributed by atoms with Gasteiger partial charge in [-0.1, -0.05) is 15.9 Å². The van der Waals surface area contributed by atoms with Gasteiger partial charge >= 0.3 is 0 Å². The maximum absolute atomic E-state index is 12.6. The number of amides is 1. The van der Waals surface area contributed by atoms with Gasteiger partial charge in [0.05, 0.1) is 11.6 Å². The monoisotopic (exact) mass is 463 g/mol. The van der Waals surface area contributed by atoms with E-state index in [0.29, 0.717) is 0 Å². The molecule has 0 saturated heterocycles. The van der Waals surface area contributed by atoms with Crippen LogP contribution in [0.5, 0.6) is 0 Å². The van der Waals surface area contributed by atoms with Gasteiger partial charge in [-0.25, -0.2) is 0 Å². The summed E-state index contributed by atoms with van der Waals surface area (Å²) >= 11 is 7.37. The van der Waals surface area contributed by atoms with Crippen molar-refractivity contribution in [2.45, 2.75) is 19.9 Å². The summed E-state index contributed by atoms with van der Waals surface area (Å²) in [4.78, 5) is 16.9. The highest BCUT2D eigenvalue weighted by molar-refractivity contribution is 14.1. The van der Waals surface area contributed by atoms with Crippen LogP contribution < -0.4 is 0 Å². The summed E-state index contributed by atoms with van der Waals surface area (Å²) in [6.45, 7) is 4.15. The van der Waals surface area contributed by atoms with Crippen molar-refractivity contribution in [2.75, 3.05) is 7.05 Å². The molecule has 2 nitrogen and oxygen atoms in total. The number of carbonyl (C=O) groups excluding carboxylic acids is 1. The van der Waals surface area contributed by atoms with E-state index in [-0.39, 0.29) is 11.9 Å². The lowest BCUT2D eigenvalue weighted by Gasteiger charge is -2.24. The van der Waals surface area contributed by atoms with Gasteiger partial charge in [0.15, 0.2) is 0 Å². The van der Waals surface area contributed by atoms with E-state index < -0.39 is 0 Å². The Balaban J connectivity index is 2.26. The number of rotatable bonds is 3. The Kier molecular flexibility index (Phi) is 5.25. The van der Waals surface area contributed by atoms with Gasteiger partial charge < -0.3 is 4.90 Å². The first-order chi connectivity index (χ1) is 9.40. The SMILES string of the molecule is Cc1ccc(C(C)N(C)C(=O)c2cc(Br)ccc2I)s1. The van der Waals surface area contributed by atoms with Crippen molar-refractivity contribution in [1.29, 1.82) is 0 Å². The molecule has 0 radical (unpaired) electrons. The molecule has 1 aromatic carbocycles. The standard InChI is InChI=1S/C15H15BrINOS/c1-9-4-7-14(20-9)10(2)18(3)15(19)12-8-11(16)5-6-13(12)17/h4-8,10H,1-3H3. The van der Waals surface area contributed by atoms with Crippen LogP contribution in [0.25, 0.3) is 0 Å². The topological polar surface area (TPSA) is 20.3 Å². The van der Waals surface area contributed by atoms with Crippen LogP contribution in [0.3, 0.4) is 0 Å². The summed E-state index contributed by atoms with van der Waals surface area (Å²) < 4.78 is 1.89. The number of hydrogen-bond donors (Lipinski definition) is 0. The molecular weight excluding hydrogens is 449 g/mol. The summed E-state index contributed by atoms with van der Waals surface area (Å²) in [5.74, 6) is 0.0502. The van der Waals surface area contributed by atoms with Crippen molar-refractivity contribution in [3.05, 3.63) is 53.7 Å². The minimum Gasteiger partial charge on any atom is -0.334 e. The first kappa shape index (κ1) is 16.0. The van der Waals surface area contributed by atoms with E-state index in [1.165, 1.54) is 9.75 Å². The number of aryl methyl sites for hydroxylation is 1. The smallest absolute Gasteiger partial charge is 0.255 e. The van der Waals surface area contributed by atoms with Gasteiger partial charge in [0, 0.05) is 24.8 Å². The molecule has 2 rings (SSSR count). The number of thiophene rings is 1. The van der Waals surface area contributed by atoms with Crippen molar-refractivity contribution in [2.24, 2.45) is 0 Å². The number of benzene rings is 1. The Morgan fingerprint density at radius 2 is 2.05 bits per heavy atom. The van der Waals surface area contributed by atoms with Crippen LogP contribution in [-0.4, -0.2) is 17.9 Å². The van der Waals surface area contributed by atoms with E-state index in [2.05, 4.69) is 64.5 Å². The maximum atomic E-state index is 12.6. The first-order valence-corrected chi connectivity index (χ1v) is 8.87. The summed E-state index contributed by atoms with van der Waals surface area (Å²) in [7, 11) is 1.86. The second-order valence-corrected chi connectivity index (χ2v) is 8.06. The zero-order valence-electron chi connectivity index (χ0n) is 11.5. The Bertz CT molecular complexity index is 641. The van der Waals surface area contributed by atoms with Gasteiger partial charge in [0.2, 0.25) is 0 Å². The maximum Gasteiger partial charge on any atom is 0.255 e. The lowest BCUT2D eigenvalue weighted by Crippen LogP contribution is -2.29. The third-order valence-electron chi connectivity index (χ3n) is 3.23. The first-order valence-electron chi connectivity index (χ1n) is 6.18. The van der Waals surface area contributed by atoms with E-state index in [9.17, 15) is 4.79 Å². The van der Waals surface area contributed by atoms with Crippen LogP contribution >= 0.6 is 49.9 Å². The molecule has 20 heavy (non-hydrogen) atoms. The molecule has 1 unspecified atom stereocenters. The van der Waals surface area contributed by atoms with E-state index in [1.807, 2.05) is 25.2 Å². The molecule has 106 valence electrons. The molecule has 1 aromatic heterocycles. The molecule has 1 heterocycles. The molecule has 1 atom stereocenters. The highest BCUT2D eigenvalue weighted by Crippen LogP contribution is 2.28. The van der Waals surface area contributed by atoms with E-state index in [0.717, 1.165) is 13.6 Å². The lowest BCUT2D eigenvalue weighted by molar-refractivity contribution is 0.0744. The molecule has 0 aliphatic carbocycles. The third kappa shape index (κ3) is 3.43. The Morgan fingerprint density at radius 3 is 2.65 bits per heavy atom. The number of nitrogens with zero attached hydrogens (tertiary/aromatic N) is 1. The van der Waals surface area contributed by atoms with Gasteiger partial charge in [-0.3, -0.25) is 4.79 Å². The Hall–Kier alpha value is -0.400. The highest BCUT2D eigenvalue weighted by atomic mass is 127. The molecule has 0 bridgehead atoms. The fourth-order valence-electron chi connectivity index (χ4n) is 1.90. The largest absolute Gasteiger partial charge is 0.334 e. The van der Waals surface area contributed by atoms with Crippen LogP contribution in [0.4, 0.5) is 0 Å². The van der Waals surface area contributed by atoms with Crippen molar-refractivity contribution in [1.82, 2.24) is 4.90 Å². The summed E-state index contributed by atoms with van der Waals surface area (Å²) in [5, 5.41) is 0. The molecule has 0 saturated carbocycles. The molecule has 0 aliphatic rings. The van der Waals surface area contributed by atoms with Crippen molar-refractivity contribution < 1.29 is 4.79 Å². The fraction of sp³-hybridized carbons (Fsp3) is 0.267. The zero-order valence-corrected chi connectivity index (χ0v) is 16.0. The normalized spacial score (nSPS) is 12.2. The van der Waals surface area contributed by atoms with Crippen molar-refractivity contribution in [3.8, 4) is 0 Å². The fourth-order valence-corrected chi connectivity index (χ4v) is 3.80.